The van der Waals surface area contributed by atoms with E-state index in [-0.39, 0.29) is 29.5 Å². The van der Waals surface area contributed by atoms with Gasteiger partial charge in [0.2, 0.25) is 11.8 Å². The molecule has 1 aromatic carbocycles. The Morgan fingerprint density at radius 2 is 1.66 bits per heavy atom. The predicted molar refractivity (Wildman–Crippen MR) is 150 cm³/mol. The van der Waals surface area contributed by atoms with Gasteiger partial charge in [0.15, 0.2) is 0 Å². The summed E-state index contributed by atoms with van der Waals surface area (Å²) in [5.41, 5.74) is -0.254. The van der Waals surface area contributed by atoms with E-state index in [1.54, 1.807) is 50.8 Å². The SMILES string of the molecule is Cc1cc(C(C(=O)NC2CCCCC2)N(C(=O)C(CC(C)C)NC(=O)OC(C)(C)C)C(C)(C)C)ccc1O. The van der Waals surface area contributed by atoms with Gasteiger partial charge in [-0.05, 0) is 96.9 Å². The van der Waals surface area contributed by atoms with Crippen molar-refractivity contribution < 1.29 is 24.2 Å². The van der Waals surface area contributed by atoms with Crippen LogP contribution in [0, 0.1) is 12.8 Å². The maximum Gasteiger partial charge on any atom is 0.408 e. The van der Waals surface area contributed by atoms with E-state index in [4.69, 9.17) is 4.74 Å². The number of nitrogens with one attached hydrogen (secondary N) is 2. The van der Waals surface area contributed by atoms with Gasteiger partial charge in [0, 0.05) is 11.6 Å². The Kier molecular flexibility index (Phi) is 10.6. The van der Waals surface area contributed by atoms with Crippen molar-refractivity contribution in [2.45, 2.75) is 130 Å². The molecule has 0 radical (unpaired) electrons. The van der Waals surface area contributed by atoms with Gasteiger partial charge in [0.1, 0.15) is 23.4 Å². The molecular weight excluding hydrogens is 482 g/mol. The lowest BCUT2D eigenvalue weighted by molar-refractivity contribution is -0.149. The van der Waals surface area contributed by atoms with Crippen LogP contribution in [0.1, 0.15) is 111 Å². The second-order valence-corrected chi connectivity index (χ2v) is 13.0. The van der Waals surface area contributed by atoms with Gasteiger partial charge in [-0.3, -0.25) is 9.59 Å². The summed E-state index contributed by atoms with van der Waals surface area (Å²) in [5, 5.41) is 16.2. The topological polar surface area (TPSA) is 108 Å². The van der Waals surface area contributed by atoms with Gasteiger partial charge >= 0.3 is 6.09 Å². The fourth-order valence-corrected chi connectivity index (χ4v) is 4.95. The van der Waals surface area contributed by atoms with Crippen LogP contribution in [0.25, 0.3) is 0 Å². The van der Waals surface area contributed by atoms with Crippen LogP contribution < -0.4 is 10.6 Å². The van der Waals surface area contributed by atoms with Crippen molar-refractivity contribution in [3.63, 3.8) is 0 Å². The van der Waals surface area contributed by atoms with E-state index in [0.717, 1.165) is 32.1 Å². The van der Waals surface area contributed by atoms with Crippen LogP contribution >= 0.6 is 0 Å². The number of amides is 3. The Labute approximate surface area is 228 Å². The smallest absolute Gasteiger partial charge is 0.408 e. The Morgan fingerprint density at radius 1 is 1.05 bits per heavy atom. The van der Waals surface area contributed by atoms with E-state index in [1.807, 2.05) is 34.6 Å². The van der Waals surface area contributed by atoms with Crippen molar-refractivity contribution in [3.05, 3.63) is 29.3 Å². The lowest BCUT2D eigenvalue weighted by Crippen LogP contribution is -2.59. The van der Waals surface area contributed by atoms with Crippen molar-refractivity contribution in [1.82, 2.24) is 15.5 Å². The Bertz CT molecular complexity index is 971. The fraction of sp³-hybridized carbons (Fsp3) is 0.700. The monoisotopic (exact) mass is 531 g/mol. The van der Waals surface area contributed by atoms with Gasteiger partial charge in [0.05, 0.1) is 0 Å². The third-order valence-corrected chi connectivity index (χ3v) is 6.65. The molecule has 2 rings (SSSR count). The predicted octanol–water partition coefficient (Wildman–Crippen LogP) is 5.76. The molecule has 214 valence electrons. The third-order valence-electron chi connectivity index (χ3n) is 6.65. The largest absolute Gasteiger partial charge is 0.508 e. The summed E-state index contributed by atoms with van der Waals surface area (Å²) in [5.74, 6) is -0.387. The van der Waals surface area contributed by atoms with E-state index in [2.05, 4.69) is 10.6 Å². The maximum absolute atomic E-state index is 14.3. The Balaban J connectivity index is 2.54. The molecule has 8 nitrogen and oxygen atoms in total. The van der Waals surface area contributed by atoms with Crippen LogP contribution in [0.5, 0.6) is 5.75 Å². The summed E-state index contributed by atoms with van der Waals surface area (Å²) in [6.07, 6.45) is 4.81. The number of aryl methyl sites for hydroxylation is 1. The number of carbonyl (C=O) groups is 3. The van der Waals surface area contributed by atoms with Gasteiger partial charge in [-0.1, -0.05) is 39.2 Å². The molecule has 3 N–H and O–H groups in total. The van der Waals surface area contributed by atoms with Crippen molar-refractivity contribution in [1.29, 1.82) is 0 Å². The van der Waals surface area contributed by atoms with Crippen molar-refractivity contribution in [2.75, 3.05) is 0 Å². The van der Waals surface area contributed by atoms with Crippen LogP contribution in [0.3, 0.4) is 0 Å². The molecule has 0 spiro atoms. The molecular formula is C30H49N3O5. The number of nitrogens with zero attached hydrogens (tertiary/aromatic N) is 1. The summed E-state index contributed by atoms with van der Waals surface area (Å²) in [7, 11) is 0. The number of carbonyl (C=O) groups excluding carboxylic acids is 3. The number of hydrogen-bond acceptors (Lipinski definition) is 5. The maximum atomic E-state index is 14.3. The van der Waals surface area contributed by atoms with Crippen molar-refractivity contribution >= 4 is 17.9 Å². The molecule has 38 heavy (non-hydrogen) atoms. The van der Waals surface area contributed by atoms with Crippen LogP contribution in [0.2, 0.25) is 0 Å². The number of benzene rings is 1. The highest BCUT2D eigenvalue weighted by molar-refractivity contribution is 5.92. The molecule has 1 fully saturated rings. The first-order valence-electron chi connectivity index (χ1n) is 13.9. The number of alkyl carbamates (subject to hydrolysis) is 1. The fourth-order valence-electron chi connectivity index (χ4n) is 4.95. The average Bonchev–Trinajstić information content (AvgIpc) is 2.76. The average molecular weight is 532 g/mol. The van der Waals surface area contributed by atoms with Gasteiger partial charge in [-0.2, -0.15) is 0 Å². The number of rotatable bonds is 8. The third kappa shape index (κ3) is 9.21. The van der Waals surface area contributed by atoms with E-state index >= 15 is 0 Å². The highest BCUT2D eigenvalue weighted by atomic mass is 16.6. The molecule has 0 aliphatic heterocycles. The first kappa shape index (κ1) is 31.4. The van der Waals surface area contributed by atoms with Gasteiger partial charge in [-0.15, -0.1) is 0 Å². The first-order chi connectivity index (χ1) is 17.5. The van der Waals surface area contributed by atoms with Crippen molar-refractivity contribution in [3.8, 4) is 5.75 Å². The zero-order valence-corrected chi connectivity index (χ0v) is 24.8. The lowest BCUT2D eigenvalue weighted by Gasteiger charge is -2.43. The molecule has 1 aromatic rings. The molecule has 1 aliphatic carbocycles. The molecule has 8 heteroatoms. The standard InChI is InChI=1S/C30H49N3O5/c1-19(2)17-23(32-28(37)38-30(7,8)9)27(36)33(29(4,5)6)25(21-15-16-24(34)20(3)18-21)26(35)31-22-13-11-10-12-14-22/h15-16,18-19,22-23,25,34H,10-14,17H2,1-9H3,(H,31,35)(H,32,37). The van der Waals surface area contributed by atoms with E-state index in [9.17, 15) is 19.5 Å². The summed E-state index contributed by atoms with van der Waals surface area (Å²) in [6, 6.07) is 3.23. The minimum Gasteiger partial charge on any atom is -0.508 e. The summed E-state index contributed by atoms with van der Waals surface area (Å²) in [4.78, 5) is 42.6. The van der Waals surface area contributed by atoms with Gasteiger partial charge in [0.25, 0.3) is 0 Å². The highest BCUT2D eigenvalue weighted by Crippen LogP contribution is 2.33. The number of hydrogen-bond donors (Lipinski definition) is 3. The summed E-state index contributed by atoms with van der Waals surface area (Å²) in [6.45, 7) is 16.7. The molecule has 0 aromatic heterocycles. The number of phenolic OH excluding ortho intramolecular Hbond substituents is 1. The van der Waals surface area contributed by atoms with E-state index in [1.165, 1.54) is 0 Å². The molecule has 1 saturated carbocycles. The van der Waals surface area contributed by atoms with Gasteiger partial charge < -0.3 is 25.4 Å². The van der Waals surface area contributed by atoms with Crippen LogP contribution in [0.4, 0.5) is 4.79 Å². The number of aromatic hydroxyl groups is 1. The van der Waals surface area contributed by atoms with Gasteiger partial charge in [-0.25, -0.2) is 4.79 Å². The summed E-state index contributed by atoms with van der Waals surface area (Å²) < 4.78 is 5.46. The summed E-state index contributed by atoms with van der Waals surface area (Å²) >= 11 is 0. The van der Waals surface area contributed by atoms with Crippen molar-refractivity contribution in [2.24, 2.45) is 5.92 Å². The van der Waals surface area contributed by atoms with Crippen LogP contribution in [-0.4, -0.2) is 51.1 Å². The molecule has 0 saturated heterocycles. The van der Waals surface area contributed by atoms with E-state index < -0.39 is 29.3 Å². The second-order valence-electron chi connectivity index (χ2n) is 13.0. The zero-order valence-electron chi connectivity index (χ0n) is 24.8. The molecule has 0 bridgehead atoms. The number of phenols is 1. The van der Waals surface area contributed by atoms with Crippen LogP contribution in [0.15, 0.2) is 18.2 Å². The van der Waals surface area contributed by atoms with Crippen LogP contribution in [-0.2, 0) is 14.3 Å². The minimum absolute atomic E-state index is 0.0558. The quantitative estimate of drug-likeness (QED) is 0.395. The second kappa shape index (κ2) is 12.9. The number of ether oxygens (including phenoxy) is 1. The molecule has 1 aliphatic rings. The highest BCUT2D eigenvalue weighted by Gasteiger charge is 2.42. The lowest BCUT2D eigenvalue weighted by atomic mass is 9.91. The Hall–Kier alpha value is -2.77. The molecule has 2 unspecified atom stereocenters. The normalized spacial score (nSPS) is 16.5. The molecule has 0 heterocycles. The Morgan fingerprint density at radius 3 is 2.16 bits per heavy atom. The minimum atomic E-state index is -0.946. The molecule has 2 atom stereocenters. The first-order valence-corrected chi connectivity index (χ1v) is 13.9. The molecule has 3 amide bonds. The van der Waals surface area contributed by atoms with E-state index in [0.29, 0.717) is 17.5 Å². The zero-order chi connectivity index (χ0) is 28.8.